The van der Waals surface area contributed by atoms with Gasteiger partial charge in [-0.2, -0.15) is 8.42 Å². The van der Waals surface area contributed by atoms with Crippen LogP contribution in [0.4, 0.5) is 0 Å². The van der Waals surface area contributed by atoms with E-state index in [4.69, 9.17) is 4.55 Å². The van der Waals surface area contributed by atoms with Crippen LogP contribution >= 0.6 is 0 Å². The lowest BCUT2D eigenvalue weighted by atomic mass is 9.76. The first-order chi connectivity index (χ1) is 12.3. The number of nitrogens with one attached hydrogen (secondary N) is 1. The van der Waals surface area contributed by atoms with Gasteiger partial charge in [-0.15, -0.1) is 0 Å². The number of carbonyl (C=O) groups is 3. The van der Waals surface area contributed by atoms with E-state index in [1.54, 1.807) is 0 Å². The highest BCUT2D eigenvalue weighted by atomic mass is 32.3. The van der Waals surface area contributed by atoms with Crippen LogP contribution in [0.25, 0.3) is 0 Å². The van der Waals surface area contributed by atoms with Crippen LogP contribution in [0.1, 0.15) is 27.2 Å². The van der Waals surface area contributed by atoms with E-state index in [0.717, 1.165) is 4.90 Å². The summed E-state index contributed by atoms with van der Waals surface area (Å²) in [6.07, 6.45) is -0.0387. The standard InChI is InChI=1S/C14H20N2O9S2/c1-7(17)15-4-5-26(21)9-6-8-10(14(2,3)25-27(22,23)24)12(18)16(8)11(9)13(19)20/h8,10H,4-6H2,1-3H3,(H,15,17)(H,19,20)(H,22,23,24)/t8?,10?,26-/m1/s1. The Hall–Kier alpha value is -1.83. The summed E-state index contributed by atoms with van der Waals surface area (Å²) in [4.78, 5) is 36.0. The quantitative estimate of drug-likeness (QED) is 0.327. The predicted molar refractivity (Wildman–Crippen MR) is 91.8 cm³/mol. The van der Waals surface area contributed by atoms with Crippen LogP contribution in [0.3, 0.4) is 0 Å². The van der Waals surface area contributed by atoms with E-state index < -0.39 is 56.3 Å². The molecule has 0 aromatic carbocycles. The molecule has 0 bridgehead atoms. The maximum atomic E-state index is 12.5. The lowest BCUT2D eigenvalue weighted by Gasteiger charge is -2.49. The Balaban J connectivity index is 2.24. The first-order valence-corrected chi connectivity index (χ1v) is 10.5. The molecule has 0 spiro atoms. The lowest BCUT2D eigenvalue weighted by Crippen LogP contribution is -2.66. The van der Waals surface area contributed by atoms with Gasteiger partial charge in [-0.3, -0.25) is 18.4 Å². The lowest BCUT2D eigenvalue weighted by molar-refractivity contribution is -0.166. The van der Waals surface area contributed by atoms with Gasteiger partial charge in [-0.1, -0.05) is 0 Å². The van der Waals surface area contributed by atoms with Crippen molar-refractivity contribution < 1.29 is 40.9 Å². The molecule has 0 radical (unpaired) electrons. The molecule has 11 nitrogen and oxygen atoms in total. The maximum absolute atomic E-state index is 12.5. The van der Waals surface area contributed by atoms with E-state index in [2.05, 4.69) is 9.50 Å². The Bertz CT molecular complexity index is 847. The molecule has 27 heavy (non-hydrogen) atoms. The molecule has 152 valence electrons. The normalized spacial score (nSPS) is 23.7. The van der Waals surface area contributed by atoms with Crippen LogP contribution in [-0.4, -0.2) is 68.9 Å². The van der Waals surface area contributed by atoms with E-state index in [0.29, 0.717) is 0 Å². The van der Waals surface area contributed by atoms with Crippen molar-refractivity contribution in [2.24, 2.45) is 5.92 Å². The highest BCUT2D eigenvalue weighted by Gasteiger charge is 2.62. The van der Waals surface area contributed by atoms with Gasteiger partial charge in [0.05, 0.1) is 28.4 Å². The fourth-order valence-corrected chi connectivity index (χ4v) is 5.34. The minimum atomic E-state index is -4.84. The summed E-state index contributed by atoms with van der Waals surface area (Å²) in [6.45, 7) is 3.92. The summed E-state index contributed by atoms with van der Waals surface area (Å²) in [5, 5.41) is 11.9. The van der Waals surface area contributed by atoms with Gasteiger partial charge in [0.15, 0.2) is 0 Å². The van der Waals surface area contributed by atoms with E-state index in [-0.39, 0.29) is 29.5 Å². The molecule has 0 aromatic heterocycles. The van der Waals surface area contributed by atoms with Crippen molar-refractivity contribution in [1.82, 2.24) is 10.2 Å². The number of β-lactam (4-membered cyclic amide) rings is 1. The number of rotatable bonds is 8. The first-order valence-electron chi connectivity index (χ1n) is 7.86. The molecule has 2 rings (SSSR count). The third kappa shape index (κ3) is 4.36. The van der Waals surface area contributed by atoms with Crippen molar-refractivity contribution in [3.05, 3.63) is 10.6 Å². The van der Waals surface area contributed by atoms with Crippen molar-refractivity contribution in [2.75, 3.05) is 12.3 Å². The number of carbonyl (C=O) groups excluding carboxylic acids is 2. The highest BCUT2D eigenvalue weighted by Crippen LogP contribution is 2.48. The van der Waals surface area contributed by atoms with Gasteiger partial charge in [-0.05, 0) is 13.8 Å². The van der Waals surface area contributed by atoms with Crippen LogP contribution in [-0.2, 0) is 39.8 Å². The molecule has 0 saturated carbocycles. The molecule has 2 amide bonds. The smallest absolute Gasteiger partial charge is 0.397 e. The summed E-state index contributed by atoms with van der Waals surface area (Å²) >= 11 is 0. The Kier molecular flexibility index (Phi) is 5.80. The zero-order chi connectivity index (χ0) is 20.7. The maximum Gasteiger partial charge on any atom is 0.397 e. The molecule has 2 unspecified atom stereocenters. The van der Waals surface area contributed by atoms with E-state index in [9.17, 15) is 32.1 Å². The Morgan fingerprint density at radius 3 is 2.48 bits per heavy atom. The third-order valence-corrected chi connectivity index (χ3v) is 6.45. The zero-order valence-electron chi connectivity index (χ0n) is 14.8. The molecule has 2 heterocycles. The van der Waals surface area contributed by atoms with Crippen LogP contribution < -0.4 is 5.32 Å². The monoisotopic (exact) mass is 424 g/mol. The van der Waals surface area contributed by atoms with Crippen molar-refractivity contribution in [3.8, 4) is 0 Å². The number of nitrogens with zero attached hydrogens (tertiary/aromatic N) is 1. The first kappa shape index (κ1) is 21.5. The molecule has 3 atom stereocenters. The van der Waals surface area contributed by atoms with Gasteiger partial charge in [0.25, 0.3) is 0 Å². The van der Waals surface area contributed by atoms with E-state index >= 15 is 0 Å². The molecule has 0 aliphatic carbocycles. The second-order valence-electron chi connectivity index (χ2n) is 6.68. The Morgan fingerprint density at radius 1 is 1.41 bits per heavy atom. The van der Waals surface area contributed by atoms with Crippen molar-refractivity contribution in [3.63, 3.8) is 0 Å². The summed E-state index contributed by atoms with van der Waals surface area (Å²) in [6, 6.07) is -0.750. The highest BCUT2D eigenvalue weighted by molar-refractivity contribution is 7.89. The van der Waals surface area contributed by atoms with Crippen LogP contribution in [0.2, 0.25) is 0 Å². The summed E-state index contributed by atoms with van der Waals surface area (Å²) in [5.41, 5.74) is -2.02. The summed E-state index contributed by atoms with van der Waals surface area (Å²) in [5.74, 6) is -3.52. The molecular formula is C14H20N2O9S2. The Morgan fingerprint density at radius 2 is 2.00 bits per heavy atom. The van der Waals surface area contributed by atoms with Gasteiger partial charge < -0.3 is 15.3 Å². The van der Waals surface area contributed by atoms with Crippen molar-refractivity contribution in [1.29, 1.82) is 0 Å². The number of amides is 2. The van der Waals surface area contributed by atoms with Crippen molar-refractivity contribution in [2.45, 2.75) is 38.8 Å². The largest absolute Gasteiger partial charge is 0.477 e. The number of hydrogen-bond acceptors (Lipinski definition) is 7. The van der Waals surface area contributed by atoms with Crippen LogP contribution in [0.15, 0.2) is 10.6 Å². The fourth-order valence-electron chi connectivity index (χ4n) is 3.40. The summed E-state index contributed by atoms with van der Waals surface area (Å²) in [7, 11) is -6.59. The van der Waals surface area contributed by atoms with Gasteiger partial charge in [-0.25, -0.2) is 8.98 Å². The molecule has 1 fully saturated rings. The SMILES string of the molecule is CC(=O)NCC[S@@](=O)C1=C(C(=O)O)N2C(=O)C(C(C)(C)OS(=O)(=O)O)C2C1. The van der Waals surface area contributed by atoms with Crippen molar-refractivity contribution >= 4 is 39.0 Å². The van der Waals surface area contributed by atoms with E-state index in [1.807, 2.05) is 0 Å². The van der Waals surface area contributed by atoms with Crippen LogP contribution in [0.5, 0.6) is 0 Å². The molecule has 2 aliphatic heterocycles. The van der Waals surface area contributed by atoms with E-state index in [1.165, 1.54) is 20.8 Å². The minimum absolute atomic E-state index is 0.0317. The minimum Gasteiger partial charge on any atom is -0.477 e. The van der Waals surface area contributed by atoms with Gasteiger partial charge in [0.2, 0.25) is 11.8 Å². The number of carboxylic acids is 1. The molecule has 2 aliphatic rings. The fraction of sp³-hybridized carbons (Fsp3) is 0.643. The number of hydrogen-bond donors (Lipinski definition) is 3. The predicted octanol–water partition coefficient (Wildman–Crippen LogP) is -1.00. The molecular weight excluding hydrogens is 404 g/mol. The molecule has 0 aromatic rings. The number of carboxylic acid groups (broad SMARTS) is 1. The third-order valence-electron chi connectivity index (χ3n) is 4.33. The molecule has 13 heteroatoms. The second-order valence-corrected chi connectivity index (χ2v) is 9.30. The average molecular weight is 424 g/mol. The number of aliphatic carboxylic acids is 1. The zero-order valence-corrected chi connectivity index (χ0v) is 16.4. The average Bonchev–Trinajstić information content (AvgIpc) is 2.78. The second kappa shape index (κ2) is 7.30. The van der Waals surface area contributed by atoms with Crippen LogP contribution in [0, 0.1) is 5.92 Å². The molecule has 3 N–H and O–H groups in total. The molecule has 1 saturated heterocycles. The number of fused-ring (bicyclic) bond motifs is 1. The van der Waals surface area contributed by atoms with Gasteiger partial charge in [0, 0.05) is 30.5 Å². The summed E-state index contributed by atoms with van der Waals surface area (Å²) < 4.78 is 48.0. The topological polar surface area (TPSA) is 167 Å². The van der Waals surface area contributed by atoms with Gasteiger partial charge in [0.1, 0.15) is 5.70 Å². The van der Waals surface area contributed by atoms with Gasteiger partial charge >= 0.3 is 16.4 Å². The Labute approximate surface area is 158 Å².